The van der Waals surface area contributed by atoms with Gasteiger partial charge in [-0.1, -0.05) is 43.7 Å². The highest BCUT2D eigenvalue weighted by atomic mass is 14.7. The number of nitrogens with two attached hydrogens (primary N) is 1. The average molecular weight is 245 g/mol. The van der Waals surface area contributed by atoms with Crippen LogP contribution in [0.3, 0.4) is 0 Å². The van der Waals surface area contributed by atoms with Gasteiger partial charge in [-0.3, -0.25) is 0 Å². The minimum atomic E-state index is 0.331. The molecule has 1 aromatic carbocycles. The molecule has 1 aliphatic carbocycles. The average Bonchev–Trinajstić information content (AvgIpc) is 2.27. The molecular weight excluding hydrogens is 218 g/mol. The minimum Gasteiger partial charge on any atom is -0.327 e. The van der Waals surface area contributed by atoms with Crippen LogP contribution in [0, 0.1) is 24.7 Å². The molecule has 100 valence electrons. The smallest absolute Gasteiger partial charge is 0.0108 e. The maximum atomic E-state index is 6.45. The Morgan fingerprint density at radius 1 is 1.17 bits per heavy atom. The summed E-state index contributed by atoms with van der Waals surface area (Å²) in [7, 11) is 0. The first-order valence-corrected chi connectivity index (χ1v) is 7.35. The van der Waals surface area contributed by atoms with Gasteiger partial charge in [-0.15, -0.1) is 0 Å². The first-order chi connectivity index (χ1) is 8.54. The summed E-state index contributed by atoms with van der Waals surface area (Å²) in [6.07, 6.45) is 5.05. The predicted molar refractivity (Wildman–Crippen MR) is 78.5 cm³/mol. The van der Waals surface area contributed by atoms with E-state index in [2.05, 4.69) is 45.0 Å². The van der Waals surface area contributed by atoms with Crippen LogP contribution in [0.2, 0.25) is 0 Å². The Bertz CT molecular complexity index is 375. The maximum Gasteiger partial charge on any atom is 0.0108 e. The molecule has 2 N–H and O–H groups in total. The van der Waals surface area contributed by atoms with Crippen molar-refractivity contribution < 1.29 is 0 Å². The first kappa shape index (κ1) is 13.6. The summed E-state index contributed by atoms with van der Waals surface area (Å²) in [5, 5.41) is 0. The third-order valence-corrected chi connectivity index (χ3v) is 4.37. The van der Waals surface area contributed by atoms with E-state index in [1.807, 2.05) is 0 Å². The van der Waals surface area contributed by atoms with Gasteiger partial charge in [0, 0.05) is 6.04 Å². The molecule has 0 heterocycles. The summed E-state index contributed by atoms with van der Waals surface area (Å²) in [5.41, 5.74) is 9.19. The summed E-state index contributed by atoms with van der Waals surface area (Å²) in [5.74, 6) is 2.41. The van der Waals surface area contributed by atoms with Crippen LogP contribution in [0.25, 0.3) is 0 Å². The molecule has 1 fully saturated rings. The van der Waals surface area contributed by atoms with E-state index in [-0.39, 0.29) is 0 Å². The number of hydrogen-bond acceptors (Lipinski definition) is 1. The highest BCUT2D eigenvalue weighted by Gasteiger charge is 2.28. The molecular formula is C17H27N. The Labute approximate surface area is 112 Å². The lowest BCUT2D eigenvalue weighted by Gasteiger charge is -2.35. The zero-order valence-corrected chi connectivity index (χ0v) is 12.0. The second kappa shape index (κ2) is 5.88. The molecule has 1 saturated carbocycles. The third-order valence-electron chi connectivity index (χ3n) is 4.37. The first-order valence-electron chi connectivity index (χ1n) is 7.35. The lowest BCUT2D eigenvalue weighted by molar-refractivity contribution is 0.192. The topological polar surface area (TPSA) is 26.0 Å². The van der Waals surface area contributed by atoms with E-state index in [9.17, 15) is 0 Å². The second-order valence-corrected chi connectivity index (χ2v) is 6.53. The van der Waals surface area contributed by atoms with Crippen molar-refractivity contribution in [3.8, 4) is 0 Å². The Morgan fingerprint density at radius 3 is 2.44 bits per heavy atom. The van der Waals surface area contributed by atoms with E-state index < -0.39 is 0 Å². The second-order valence-electron chi connectivity index (χ2n) is 6.53. The zero-order chi connectivity index (χ0) is 13.1. The molecule has 0 bridgehead atoms. The van der Waals surface area contributed by atoms with E-state index in [0.717, 1.165) is 18.3 Å². The van der Waals surface area contributed by atoms with Gasteiger partial charge in [0.15, 0.2) is 0 Å². The molecule has 0 spiro atoms. The summed E-state index contributed by atoms with van der Waals surface area (Å²) >= 11 is 0. The van der Waals surface area contributed by atoms with Gasteiger partial charge in [0.25, 0.3) is 0 Å². The Kier molecular flexibility index (Phi) is 4.45. The fourth-order valence-corrected chi connectivity index (χ4v) is 3.64. The van der Waals surface area contributed by atoms with Crippen molar-refractivity contribution in [2.24, 2.45) is 23.5 Å². The predicted octanol–water partition coefficient (Wildman–Crippen LogP) is 3.94. The Balaban J connectivity index is 1.97. The molecule has 1 aliphatic rings. The molecule has 0 amide bonds. The van der Waals surface area contributed by atoms with E-state index in [0.29, 0.717) is 12.0 Å². The number of rotatable bonds is 3. The highest BCUT2D eigenvalue weighted by molar-refractivity contribution is 5.23. The van der Waals surface area contributed by atoms with Gasteiger partial charge in [0.05, 0.1) is 0 Å². The van der Waals surface area contributed by atoms with E-state index in [4.69, 9.17) is 5.73 Å². The number of aryl methyl sites for hydroxylation is 1. The van der Waals surface area contributed by atoms with Crippen molar-refractivity contribution >= 4 is 0 Å². The molecule has 3 atom stereocenters. The fraction of sp³-hybridized carbons (Fsp3) is 0.647. The SMILES string of the molecule is Cc1cccc(CC(N)C2CC(C)CC(C)C2)c1. The Hall–Kier alpha value is -0.820. The van der Waals surface area contributed by atoms with Crippen molar-refractivity contribution in [2.45, 2.75) is 52.5 Å². The summed E-state index contributed by atoms with van der Waals surface area (Å²) in [6, 6.07) is 9.11. The zero-order valence-electron chi connectivity index (χ0n) is 12.0. The van der Waals surface area contributed by atoms with Crippen LogP contribution in [-0.4, -0.2) is 6.04 Å². The van der Waals surface area contributed by atoms with E-state index in [1.54, 1.807) is 0 Å². The third kappa shape index (κ3) is 3.58. The van der Waals surface area contributed by atoms with Gasteiger partial charge in [-0.05, 0) is 55.9 Å². The van der Waals surface area contributed by atoms with Crippen LogP contribution < -0.4 is 5.73 Å². The molecule has 0 aromatic heterocycles. The largest absolute Gasteiger partial charge is 0.327 e. The molecule has 2 rings (SSSR count). The lowest BCUT2D eigenvalue weighted by atomic mass is 9.73. The van der Waals surface area contributed by atoms with Crippen molar-refractivity contribution in [3.05, 3.63) is 35.4 Å². The van der Waals surface area contributed by atoms with Crippen LogP contribution in [0.15, 0.2) is 24.3 Å². The van der Waals surface area contributed by atoms with Gasteiger partial charge < -0.3 is 5.73 Å². The van der Waals surface area contributed by atoms with E-state index >= 15 is 0 Å². The molecule has 1 heteroatoms. The summed E-state index contributed by atoms with van der Waals surface area (Å²) < 4.78 is 0. The van der Waals surface area contributed by atoms with Crippen LogP contribution in [0.4, 0.5) is 0 Å². The summed E-state index contributed by atoms with van der Waals surface area (Å²) in [6.45, 7) is 6.91. The minimum absolute atomic E-state index is 0.331. The standard InChI is InChI=1S/C17H27N/c1-12-5-4-6-15(8-12)11-17(18)16-9-13(2)7-14(3)10-16/h4-6,8,13-14,16-17H,7,9-11,18H2,1-3H3. The van der Waals surface area contributed by atoms with Gasteiger partial charge >= 0.3 is 0 Å². The van der Waals surface area contributed by atoms with Gasteiger partial charge in [-0.2, -0.15) is 0 Å². The monoisotopic (exact) mass is 245 g/mol. The normalized spacial score (nSPS) is 30.1. The van der Waals surface area contributed by atoms with Crippen LogP contribution in [0.5, 0.6) is 0 Å². The maximum absolute atomic E-state index is 6.45. The molecule has 1 nitrogen and oxygen atoms in total. The van der Waals surface area contributed by atoms with Crippen molar-refractivity contribution in [3.63, 3.8) is 0 Å². The van der Waals surface area contributed by atoms with Gasteiger partial charge in [0.2, 0.25) is 0 Å². The number of hydrogen-bond donors (Lipinski definition) is 1. The van der Waals surface area contributed by atoms with Crippen molar-refractivity contribution in [1.29, 1.82) is 0 Å². The van der Waals surface area contributed by atoms with Crippen molar-refractivity contribution in [2.75, 3.05) is 0 Å². The summed E-state index contributed by atoms with van der Waals surface area (Å²) in [4.78, 5) is 0. The molecule has 0 aliphatic heterocycles. The molecule has 1 aromatic rings. The van der Waals surface area contributed by atoms with Crippen LogP contribution in [-0.2, 0) is 6.42 Å². The van der Waals surface area contributed by atoms with Gasteiger partial charge in [-0.25, -0.2) is 0 Å². The lowest BCUT2D eigenvalue weighted by Crippen LogP contribution is -2.37. The molecule has 3 unspecified atom stereocenters. The molecule has 0 radical (unpaired) electrons. The van der Waals surface area contributed by atoms with E-state index in [1.165, 1.54) is 30.4 Å². The fourth-order valence-electron chi connectivity index (χ4n) is 3.64. The quantitative estimate of drug-likeness (QED) is 0.857. The number of benzene rings is 1. The van der Waals surface area contributed by atoms with Gasteiger partial charge in [0.1, 0.15) is 0 Å². The Morgan fingerprint density at radius 2 is 1.83 bits per heavy atom. The highest BCUT2D eigenvalue weighted by Crippen LogP contribution is 2.34. The molecule has 18 heavy (non-hydrogen) atoms. The molecule has 0 saturated heterocycles. The van der Waals surface area contributed by atoms with Crippen LogP contribution >= 0.6 is 0 Å². The van der Waals surface area contributed by atoms with Crippen LogP contribution in [0.1, 0.15) is 44.2 Å². The van der Waals surface area contributed by atoms with Crippen molar-refractivity contribution in [1.82, 2.24) is 0 Å².